The van der Waals surface area contributed by atoms with Gasteiger partial charge in [0.25, 0.3) is 0 Å². The van der Waals surface area contributed by atoms with E-state index >= 15 is 0 Å². The van der Waals surface area contributed by atoms with Gasteiger partial charge in [0.15, 0.2) is 0 Å². The highest BCUT2D eigenvalue weighted by atomic mass is 35.5. The first-order chi connectivity index (χ1) is 14.4. The molecule has 154 valence electrons. The van der Waals surface area contributed by atoms with Gasteiger partial charge in [-0.3, -0.25) is 4.79 Å². The molecule has 3 heterocycles. The van der Waals surface area contributed by atoms with Crippen molar-refractivity contribution in [3.05, 3.63) is 57.8 Å². The Hall–Kier alpha value is -2.51. The van der Waals surface area contributed by atoms with E-state index in [2.05, 4.69) is 9.97 Å². The fourth-order valence-corrected chi connectivity index (χ4v) is 6.22. The minimum atomic E-state index is -0.688. The van der Waals surface area contributed by atoms with Crippen molar-refractivity contribution in [2.45, 2.75) is 45.3 Å². The lowest BCUT2D eigenvalue weighted by Crippen LogP contribution is -2.48. The predicted molar refractivity (Wildman–Crippen MR) is 115 cm³/mol. The van der Waals surface area contributed by atoms with Gasteiger partial charge in [-0.05, 0) is 37.3 Å². The third kappa shape index (κ3) is 2.91. The average molecular weight is 442 g/mol. The number of benzene rings is 1. The number of nitrogens with zero attached hydrogens (tertiary/aromatic N) is 3. The molecule has 3 aromatic rings. The second kappa shape index (κ2) is 7.03. The lowest BCUT2D eigenvalue weighted by molar-refractivity contribution is -0.139. The fourth-order valence-electron chi connectivity index (χ4n) is 4.54. The molecule has 2 aromatic heterocycles. The van der Waals surface area contributed by atoms with Crippen molar-refractivity contribution in [1.82, 2.24) is 14.9 Å². The number of aryl methyl sites for hydroxylation is 1. The van der Waals surface area contributed by atoms with Crippen molar-refractivity contribution >= 4 is 45.2 Å². The highest BCUT2D eigenvalue weighted by molar-refractivity contribution is 7.19. The Morgan fingerprint density at radius 2 is 2.07 bits per heavy atom. The van der Waals surface area contributed by atoms with Crippen LogP contribution in [-0.4, -0.2) is 32.9 Å². The van der Waals surface area contributed by atoms with Gasteiger partial charge in [-0.2, -0.15) is 0 Å². The summed E-state index contributed by atoms with van der Waals surface area (Å²) >= 11 is 7.86. The van der Waals surface area contributed by atoms with Crippen LogP contribution in [0.15, 0.2) is 36.7 Å². The Morgan fingerprint density at radius 1 is 1.30 bits per heavy atom. The molecule has 0 N–H and O–H groups in total. The van der Waals surface area contributed by atoms with Crippen LogP contribution in [0.2, 0.25) is 5.15 Å². The van der Waals surface area contributed by atoms with Gasteiger partial charge in [-0.1, -0.05) is 48.9 Å². The summed E-state index contributed by atoms with van der Waals surface area (Å²) in [6.07, 6.45) is 2.31. The van der Waals surface area contributed by atoms with Gasteiger partial charge in [0.1, 0.15) is 22.4 Å². The second-order valence-corrected chi connectivity index (χ2v) is 9.66. The zero-order valence-electron chi connectivity index (χ0n) is 16.6. The van der Waals surface area contributed by atoms with Crippen molar-refractivity contribution in [2.24, 2.45) is 5.41 Å². The molecule has 2 amide bonds. The fraction of sp³-hybridized carbons (Fsp3) is 0.364. The standard InChI is InChI=1S/C22H20ClN3O3S/c1-12-17(13-6-4-3-5-7-13)29-21(28)26(12)20(27)22(2)9-8-14-15(10-22)30-19-16(14)18(23)24-11-25-19/h3-7,11-12,17H,8-10H2,1-2H3/t12-,17-,22+/m0/s1. The molecule has 0 unspecified atom stereocenters. The molecule has 5 rings (SSSR count). The van der Waals surface area contributed by atoms with E-state index in [4.69, 9.17) is 16.3 Å². The highest BCUT2D eigenvalue weighted by Crippen LogP contribution is 2.46. The van der Waals surface area contributed by atoms with Crippen molar-refractivity contribution in [3.63, 3.8) is 0 Å². The number of hydrogen-bond acceptors (Lipinski definition) is 6. The van der Waals surface area contributed by atoms with Gasteiger partial charge >= 0.3 is 6.09 Å². The molecule has 1 aromatic carbocycles. The van der Waals surface area contributed by atoms with Gasteiger partial charge in [-0.15, -0.1) is 11.3 Å². The van der Waals surface area contributed by atoms with Crippen molar-refractivity contribution < 1.29 is 14.3 Å². The molecule has 1 aliphatic heterocycles. The summed E-state index contributed by atoms with van der Waals surface area (Å²) in [6.45, 7) is 3.80. The van der Waals surface area contributed by atoms with E-state index in [0.29, 0.717) is 24.4 Å². The van der Waals surface area contributed by atoms with Crippen LogP contribution >= 0.6 is 22.9 Å². The molecule has 3 atom stereocenters. The van der Waals surface area contributed by atoms with Crippen molar-refractivity contribution in [2.75, 3.05) is 0 Å². The van der Waals surface area contributed by atoms with Gasteiger partial charge in [0.2, 0.25) is 5.91 Å². The lowest BCUT2D eigenvalue weighted by Gasteiger charge is -2.35. The number of fused-ring (bicyclic) bond motifs is 3. The summed E-state index contributed by atoms with van der Waals surface area (Å²) < 4.78 is 5.60. The number of thiophene rings is 1. The maximum atomic E-state index is 13.6. The van der Waals surface area contributed by atoms with E-state index in [-0.39, 0.29) is 11.9 Å². The molecule has 8 heteroatoms. The number of carbonyl (C=O) groups excluding carboxylic acids is 2. The topological polar surface area (TPSA) is 72.4 Å². The first kappa shape index (κ1) is 19.5. The number of ether oxygens (including phenoxy) is 1. The van der Waals surface area contributed by atoms with Crippen LogP contribution in [0.4, 0.5) is 4.79 Å². The third-order valence-corrected chi connectivity index (χ3v) is 7.66. The molecular weight excluding hydrogens is 422 g/mol. The summed E-state index contributed by atoms with van der Waals surface area (Å²) in [7, 11) is 0. The predicted octanol–water partition coefficient (Wildman–Crippen LogP) is 4.95. The number of rotatable bonds is 2. The number of cyclic esters (lactones) is 1. The number of amides is 2. The van der Waals surface area contributed by atoms with Gasteiger partial charge in [0.05, 0.1) is 16.8 Å². The van der Waals surface area contributed by atoms with Crippen LogP contribution < -0.4 is 0 Å². The normalized spacial score (nSPS) is 26.0. The Labute approximate surface area is 182 Å². The van der Waals surface area contributed by atoms with Gasteiger partial charge < -0.3 is 4.74 Å². The second-order valence-electron chi connectivity index (χ2n) is 8.22. The molecule has 0 spiro atoms. The Balaban J connectivity index is 1.44. The average Bonchev–Trinajstić information content (AvgIpc) is 3.25. The lowest BCUT2D eigenvalue weighted by atomic mass is 9.74. The molecule has 2 aliphatic rings. The van der Waals surface area contributed by atoms with Crippen LogP contribution in [0.1, 0.15) is 42.4 Å². The van der Waals surface area contributed by atoms with Crippen LogP contribution in [0.3, 0.4) is 0 Å². The van der Waals surface area contributed by atoms with E-state index in [1.54, 1.807) is 11.3 Å². The first-order valence-corrected chi connectivity index (χ1v) is 11.1. The minimum Gasteiger partial charge on any atom is -0.439 e. The molecule has 1 saturated heterocycles. The number of hydrogen-bond donors (Lipinski definition) is 0. The smallest absolute Gasteiger partial charge is 0.417 e. The Kier molecular flexibility index (Phi) is 4.56. The molecule has 0 bridgehead atoms. The minimum absolute atomic E-state index is 0.182. The number of aromatic nitrogens is 2. The van der Waals surface area contributed by atoms with Crippen molar-refractivity contribution in [3.8, 4) is 0 Å². The summed E-state index contributed by atoms with van der Waals surface area (Å²) in [6, 6.07) is 9.18. The van der Waals surface area contributed by atoms with E-state index < -0.39 is 17.6 Å². The third-order valence-electron chi connectivity index (χ3n) is 6.24. The molecule has 6 nitrogen and oxygen atoms in total. The quantitative estimate of drug-likeness (QED) is 0.526. The van der Waals surface area contributed by atoms with Crippen LogP contribution in [0, 0.1) is 5.41 Å². The van der Waals surface area contributed by atoms with E-state index in [9.17, 15) is 9.59 Å². The van der Waals surface area contributed by atoms with Gasteiger partial charge in [0, 0.05) is 4.88 Å². The summed E-state index contributed by atoms with van der Waals surface area (Å²) in [5.74, 6) is -0.182. The summed E-state index contributed by atoms with van der Waals surface area (Å²) in [5, 5.41) is 1.35. The maximum absolute atomic E-state index is 13.6. The van der Waals surface area contributed by atoms with Crippen LogP contribution in [-0.2, 0) is 22.4 Å². The highest BCUT2D eigenvalue weighted by Gasteiger charge is 2.50. The maximum Gasteiger partial charge on any atom is 0.417 e. The summed E-state index contributed by atoms with van der Waals surface area (Å²) in [5.41, 5.74) is 1.33. The number of halogens is 1. The first-order valence-electron chi connectivity index (χ1n) is 9.89. The van der Waals surface area contributed by atoms with E-state index in [1.807, 2.05) is 44.2 Å². The molecule has 1 aliphatic carbocycles. The molecule has 0 radical (unpaired) electrons. The Morgan fingerprint density at radius 3 is 2.83 bits per heavy atom. The largest absolute Gasteiger partial charge is 0.439 e. The Bertz CT molecular complexity index is 1170. The zero-order chi connectivity index (χ0) is 21.0. The van der Waals surface area contributed by atoms with Gasteiger partial charge in [-0.25, -0.2) is 19.7 Å². The summed E-state index contributed by atoms with van der Waals surface area (Å²) in [4.78, 5) is 37.9. The number of imide groups is 1. The van der Waals surface area contributed by atoms with E-state index in [1.165, 1.54) is 11.2 Å². The monoisotopic (exact) mass is 441 g/mol. The van der Waals surface area contributed by atoms with Crippen LogP contribution in [0.5, 0.6) is 0 Å². The molecule has 1 fully saturated rings. The molecule has 30 heavy (non-hydrogen) atoms. The van der Waals surface area contributed by atoms with E-state index in [0.717, 1.165) is 26.2 Å². The number of carbonyl (C=O) groups is 2. The van der Waals surface area contributed by atoms with Crippen LogP contribution in [0.25, 0.3) is 10.2 Å². The molecular formula is C22H20ClN3O3S. The SMILES string of the molecule is C[C@H]1[C@@H](c2ccccc2)OC(=O)N1C(=O)[C@]1(C)CCc2c(sc3ncnc(Cl)c23)C1. The molecule has 0 saturated carbocycles. The van der Waals surface area contributed by atoms with Crippen molar-refractivity contribution in [1.29, 1.82) is 0 Å². The zero-order valence-corrected chi connectivity index (χ0v) is 18.2.